The maximum atomic E-state index is 11.2. The second-order valence-electron chi connectivity index (χ2n) is 5.13. The van der Waals surface area contributed by atoms with Gasteiger partial charge in [-0.2, -0.15) is 8.42 Å². The second-order valence-corrected chi connectivity index (χ2v) is 6.69. The average Bonchev–Trinajstić information content (AvgIpc) is 2.50. The van der Waals surface area contributed by atoms with Crippen LogP contribution in [0.4, 0.5) is 0 Å². The highest BCUT2D eigenvalue weighted by molar-refractivity contribution is 7.86. The Morgan fingerprint density at radius 2 is 1.65 bits per heavy atom. The Morgan fingerprint density at radius 1 is 1.00 bits per heavy atom. The summed E-state index contributed by atoms with van der Waals surface area (Å²) in [4.78, 5) is 0. The fourth-order valence-electron chi connectivity index (χ4n) is 1.77. The van der Waals surface area contributed by atoms with Crippen molar-refractivity contribution in [3.63, 3.8) is 0 Å². The molecule has 0 aliphatic heterocycles. The van der Waals surface area contributed by atoms with Crippen LogP contribution >= 0.6 is 0 Å². The first-order chi connectivity index (χ1) is 11.0. The fraction of sp³-hybridized carbons (Fsp3) is 0.875. The first-order valence-electron chi connectivity index (χ1n) is 8.27. The third-order valence-corrected chi connectivity index (χ3v) is 3.98. The Hall–Kier alpha value is -0.810. The summed E-state index contributed by atoms with van der Waals surface area (Å²) >= 11 is 0. The molecular weight excluding hydrogens is 320 g/mol. The summed E-state index contributed by atoms with van der Waals surface area (Å²) in [7, 11) is -4.36. The molecule has 0 saturated heterocycles. The lowest BCUT2D eigenvalue weighted by molar-refractivity contribution is 0.0253. The van der Waals surface area contributed by atoms with Gasteiger partial charge in [0.15, 0.2) is 0 Å². The van der Waals surface area contributed by atoms with E-state index >= 15 is 0 Å². The Labute approximate surface area is 140 Å². The minimum absolute atomic E-state index is 0.231. The molecule has 1 atom stereocenters. The van der Waals surface area contributed by atoms with Gasteiger partial charge in [-0.05, 0) is 13.3 Å². The highest BCUT2D eigenvalue weighted by atomic mass is 32.2. The van der Waals surface area contributed by atoms with Gasteiger partial charge in [0.2, 0.25) is 0 Å². The molecule has 0 aromatic carbocycles. The Balaban J connectivity index is 3.91. The van der Waals surface area contributed by atoms with E-state index in [0.29, 0.717) is 19.6 Å². The zero-order valence-corrected chi connectivity index (χ0v) is 15.1. The normalized spacial score (nSPS) is 12.5. The molecule has 6 nitrogen and oxygen atoms in total. The summed E-state index contributed by atoms with van der Waals surface area (Å²) in [6, 6.07) is 0. The van der Waals surface area contributed by atoms with E-state index in [0.717, 1.165) is 12.8 Å². The van der Waals surface area contributed by atoms with Crippen LogP contribution in [-0.4, -0.2) is 44.8 Å². The van der Waals surface area contributed by atoms with Crippen molar-refractivity contribution in [2.45, 2.75) is 64.2 Å². The van der Waals surface area contributed by atoms with Gasteiger partial charge in [-0.15, -0.1) is 0 Å². The van der Waals surface area contributed by atoms with Crippen molar-refractivity contribution >= 4 is 10.1 Å². The molecule has 0 amide bonds. The van der Waals surface area contributed by atoms with E-state index in [4.69, 9.17) is 18.8 Å². The first-order valence-corrected chi connectivity index (χ1v) is 9.78. The van der Waals surface area contributed by atoms with Gasteiger partial charge < -0.3 is 14.2 Å². The van der Waals surface area contributed by atoms with E-state index in [1.807, 2.05) is 6.92 Å². The molecule has 23 heavy (non-hydrogen) atoms. The van der Waals surface area contributed by atoms with Gasteiger partial charge in [0.05, 0.1) is 13.2 Å². The van der Waals surface area contributed by atoms with Crippen molar-refractivity contribution in [2.24, 2.45) is 0 Å². The maximum absolute atomic E-state index is 11.2. The van der Waals surface area contributed by atoms with Gasteiger partial charge in [-0.1, -0.05) is 44.9 Å². The van der Waals surface area contributed by atoms with E-state index in [2.05, 4.69) is 19.0 Å². The summed E-state index contributed by atoms with van der Waals surface area (Å²) in [5.74, 6) is 2.76. The van der Waals surface area contributed by atoms with Crippen LogP contribution in [0.1, 0.15) is 58.8 Å². The maximum Gasteiger partial charge on any atom is 0.306 e. The van der Waals surface area contributed by atoms with Gasteiger partial charge in [-0.25, -0.2) is 0 Å². The van der Waals surface area contributed by atoms with Crippen LogP contribution < -0.4 is 0 Å². The number of ether oxygens (including phenoxy) is 3. The number of unbranched alkanes of at least 4 members (excludes halogenated alkanes) is 6. The quantitative estimate of drug-likeness (QED) is 0.295. The molecule has 0 radical (unpaired) electrons. The lowest BCUT2D eigenvalue weighted by Gasteiger charge is -2.12. The molecule has 7 heteroatoms. The van der Waals surface area contributed by atoms with Crippen LogP contribution in [0.25, 0.3) is 0 Å². The molecule has 1 N–H and O–H groups in total. The molecule has 0 bridgehead atoms. The third kappa shape index (κ3) is 14.5. The zero-order valence-electron chi connectivity index (χ0n) is 14.3. The number of hydrogen-bond acceptors (Lipinski definition) is 5. The molecule has 0 fully saturated rings. The Bertz CT molecular complexity index is 424. The smallest absolute Gasteiger partial charge is 0.306 e. The lowest BCUT2D eigenvalue weighted by atomic mass is 10.1. The minimum Gasteiger partial charge on any atom is -0.422 e. The van der Waals surface area contributed by atoms with Gasteiger partial charge in [-0.3, -0.25) is 4.55 Å². The Morgan fingerprint density at radius 3 is 2.30 bits per heavy atom. The highest BCUT2D eigenvalue weighted by Crippen LogP contribution is 2.06. The molecule has 136 valence electrons. The predicted molar refractivity (Wildman–Crippen MR) is 89.5 cm³/mol. The zero-order chi connectivity index (χ0) is 17.4. The molecule has 0 aromatic rings. The van der Waals surface area contributed by atoms with Gasteiger partial charge in [0.1, 0.15) is 12.7 Å². The van der Waals surface area contributed by atoms with E-state index in [-0.39, 0.29) is 13.2 Å². The summed E-state index contributed by atoms with van der Waals surface area (Å²) in [5.41, 5.74) is -1.49. The number of hydrogen-bond donors (Lipinski definition) is 1. The minimum atomic E-state index is -4.36. The van der Waals surface area contributed by atoms with Crippen molar-refractivity contribution in [3.8, 4) is 12.0 Å². The SMILES string of the molecule is CCCCCCCCC#COC(COCCOCC)S(=O)(=O)O. The molecule has 0 spiro atoms. The topological polar surface area (TPSA) is 82.1 Å². The third-order valence-electron chi connectivity index (χ3n) is 3.08. The van der Waals surface area contributed by atoms with Crippen molar-refractivity contribution in [1.29, 1.82) is 0 Å². The first kappa shape index (κ1) is 22.2. The summed E-state index contributed by atoms with van der Waals surface area (Å²) < 4.78 is 46.5. The van der Waals surface area contributed by atoms with Crippen LogP contribution in [0, 0.1) is 12.0 Å². The lowest BCUT2D eigenvalue weighted by Crippen LogP contribution is -2.28. The standard InChI is InChI=1S/C16H30O6S/c1-3-5-6-7-8-9-10-11-12-22-16(23(17,18)19)15-21-14-13-20-4-2/h16H,3-10,13-15H2,1-2H3,(H,17,18,19). The van der Waals surface area contributed by atoms with Crippen LogP contribution in [0.3, 0.4) is 0 Å². The number of rotatable bonds is 14. The fourth-order valence-corrected chi connectivity index (χ4v) is 2.21. The van der Waals surface area contributed by atoms with Crippen molar-refractivity contribution in [1.82, 2.24) is 0 Å². The molecule has 0 aliphatic rings. The van der Waals surface area contributed by atoms with Crippen LogP contribution in [-0.2, 0) is 24.3 Å². The molecule has 0 rings (SSSR count). The molecule has 0 aromatic heterocycles. The largest absolute Gasteiger partial charge is 0.422 e. The van der Waals surface area contributed by atoms with Crippen molar-refractivity contribution in [2.75, 3.05) is 26.4 Å². The summed E-state index contributed by atoms with van der Waals surface area (Å²) in [6.45, 7) is 4.90. The van der Waals surface area contributed by atoms with Gasteiger partial charge >= 0.3 is 10.1 Å². The van der Waals surface area contributed by atoms with Gasteiger partial charge in [0, 0.05) is 13.0 Å². The highest BCUT2D eigenvalue weighted by Gasteiger charge is 2.24. The van der Waals surface area contributed by atoms with Crippen LogP contribution in [0.15, 0.2) is 0 Å². The predicted octanol–water partition coefficient (Wildman–Crippen LogP) is 2.98. The second kappa shape index (κ2) is 14.8. The van der Waals surface area contributed by atoms with Crippen LogP contribution in [0.2, 0.25) is 0 Å². The summed E-state index contributed by atoms with van der Waals surface area (Å²) in [6.07, 6.45) is 9.97. The molecule has 0 aliphatic carbocycles. The molecular formula is C16H30O6S. The van der Waals surface area contributed by atoms with E-state index in [1.165, 1.54) is 25.7 Å². The van der Waals surface area contributed by atoms with Crippen molar-refractivity contribution < 1.29 is 27.2 Å². The van der Waals surface area contributed by atoms with E-state index in [1.54, 1.807) is 0 Å². The Kier molecular flexibility index (Phi) is 14.2. The molecule has 0 saturated carbocycles. The summed E-state index contributed by atoms with van der Waals surface area (Å²) in [5, 5.41) is 0. The molecule has 0 heterocycles. The van der Waals surface area contributed by atoms with E-state index in [9.17, 15) is 8.42 Å². The molecule has 1 unspecified atom stereocenters. The average molecular weight is 350 g/mol. The van der Waals surface area contributed by atoms with Crippen LogP contribution in [0.5, 0.6) is 0 Å². The van der Waals surface area contributed by atoms with Gasteiger partial charge in [0.25, 0.3) is 5.44 Å². The van der Waals surface area contributed by atoms with Crippen molar-refractivity contribution in [3.05, 3.63) is 0 Å². The van der Waals surface area contributed by atoms with E-state index < -0.39 is 15.6 Å². The monoisotopic (exact) mass is 350 g/mol.